The molecule has 0 unspecified atom stereocenters. The van der Waals surface area contributed by atoms with Gasteiger partial charge in [0.1, 0.15) is 0 Å². The van der Waals surface area contributed by atoms with Crippen LogP contribution < -0.4 is 5.32 Å². The van der Waals surface area contributed by atoms with Crippen molar-refractivity contribution in [3.63, 3.8) is 0 Å². The fraction of sp³-hybridized carbons (Fsp3) is 0.727. The summed E-state index contributed by atoms with van der Waals surface area (Å²) in [5.74, 6) is 0.983. The molecule has 0 heterocycles. The van der Waals surface area contributed by atoms with Gasteiger partial charge >= 0.3 is 0 Å². The average molecular weight is 216 g/mol. The number of amides is 1. The molecule has 0 aromatic carbocycles. The molecule has 1 aliphatic rings. The second-order valence-electron chi connectivity index (χ2n) is 3.71. The lowest BCUT2D eigenvalue weighted by molar-refractivity contribution is -0.125. The molecule has 1 amide bonds. The molecule has 1 N–H and O–H groups in total. The van der Waals surface area contributed by atoms with Gasteiger partial charge in [-0.05, 0) is 12.8 Å². The zero-order valence-corrected chi connectivity index (χ0v) is 9.22. The van der Waals surface area contributed by atoms with Crippen LogP contribution in [-0.2, 0) is 4.79 Å². The third-order valence-electron chi connectivity index (χ3n) is 2.63. The number of hydrogen-bond donors (Lipinski definition) is 1. The molecule has 14 heavy (non-hydrogen) atoms. The van der Waals surface area contributed by atoms with Crippen LogP contribution >= 0.6 is 11.6 Å². The SMILES string of the molecule is O=C(NC/C=C/CCl)C1CCCCC1. The van der Waals surface area contributed by atoms with Crippen molar-refractivity contribution >= 4 is 17.5 Å². The zero-order chi connectivity index (χ0) is 10.2. The van der Waals surface area contributed by atoms with E-state index in [0.717, 1.165) is 12.8 Å². The summed E-state index contributed by atoms with van der Waals surface area (Å²) in [6, 6.07) is 0. The van der Waals surface area contributed by atoms with Gasteiger partial charge < -0.3 is 5.32 Å². The van der Waals surface area contributed by atoms with Gasteiger partial charge in [0, 0.05) is 18.3 Å². The summed E-state index contributed by atoms with van der Waals surface area (Å²) in [6.07, 6.45) is 9.56. The van der Waals surface area contributed by atoms with Crippen molar-refractivity contribution in [2.75, 3.05) is 12.4 Å². The number of rotatable bonds is 4. The van der Waals surface area contributed by atoms with E-state index in [1.165, 1.54) is 19.3 Å². The lowest BCUT2D eigenvalue weighted by Gasteiger charge is -2.20. The molecule has 0 spiro atoms. The van der Waals surface area contributed by atoms with Gasteiger partial charge in [0.2, 0.25) is 5.91 Å². The highest BCUT2D eigenvalue weighted by atomic mass is 35.5. The summed E-state index contributed by atoms with van der Waals surface area (Å²) in [5, 5.41) is 2.90. The highest BCUT2D eigenvalue weighted by Gasteiger charge is 2.19. The molecule has 2 nitrogen and oxygen atoms in total. The molecule has 1 rings (SSSR count). The van der Waals surface area contributed by atoms with Gasteiger partial charge in [-0.1, -0.05) is 31.4 Å². The largest absolute Gasteiger partial charge is 0.352 e. The van der Waals surface area contributed by atoms with Crippen molar-refractivity contribution in [2.24, 2.45) is 5.92 Å². The van der Waals surface area contributed by atoms with E-state index in [-0.39, 0.29) is 11.8 Å². The van der Waals surface area contributed by atoms with Crippen molar-refractivity contribution in [1.82, 2.24) is 5.32 Å². The Labute approximate surface area is 90.7 Å². The maximum absolute atomic E-state index is 11.6. The van der Waals surface area contributed by atoms with Crippen molar-refractivity contribution in [1.29, 1.82) is 0 Å². The molecule has 3 heteroatoms. The fourth-order valence-electron chi connectivity index (χ4n) is 1.81. The van der Waals surface area contributed by atoms with Crippen LogP contribution in [0.15, 0.2) is 12.2 Å². The van der Waals surface area contributed by atoms with E-state index in [1.807, 2.05) is 12.2 Å². The van der Waals surface area contributed by atoms with E-state index in [2.05, 4.69) is 5.32 Å². The molecule has 80 valence electrons. The quantitative estimate of drug-likeness (QED) is 0.567. The number of carbonyl (C=O) groups excluding carboxylic acids is 1. The number of hydrogen-bond acceptors (Lipinski definition) is 1. The van der Waals surface area contributed by atoms with Crippen molar-refractivity contribution < 1.29 is 4.79 Å². The molecule has 0 aromatic rings. The molecule has 0 bridgehead atoms. The number of nitrogens with one attached hydrogen (secondary N) is 1. The van der Waals surface area contributed by atoms with Crippen LogP contribution in [0.25, 0.3) is 0 Å². The highest BCUT2D eigenvalue weighted by Crippen LogP contribution is 2.23. The van der Waals surface area contributed by atoms with Crippen LogP contribution in [0.5, 0.6) is 0 Å². The van der Waals surface area contributed by atoms with Crippen LogP contribution in [0.1, 0.15) is 32.1 Å². The summed E-state index contributed by atoms with van der Waals surface area (Å²) < 4.78 is 0. The summed E-state index contributed by atoms with van der Waals surface area (Å²) in [6.45, 7) is 0.613. The normalized spacial score (nSPS) is 18.6. The Balaban J connectivity index is 2.16. The Hall–Kier alpha value is -0.500. The third kappa shape index (κ3) is 4.14. The van der Waals surface area contributed by atoms with Gasteiger partial charge in [-0.2, -0.15) is 0 Å². The third-order valence-corrected chi connectivity index (χ3v) is 2.80. The Morgan fingerprint density at radius 1 is 1.29 bits per heavy atom. The van der Waals surface area contributed by atoms with Crippen molar-refractivity contribution in [3.8, 4) is 0 Å². The average Bonchev–Trinajstić information content (AvgIpc) is 2.25. The fourth-order valence-corrected chi connectivity index (χ4v) is 1.94. The van der Waals surface area contributed by atoms with Crippen molar-refractivity contribution in [3.05, 3.63) is 12.2 Å². The van der Waals surface area contributed by atoms with Crippen LogP contribution in [0.3, 0.4) is 0 Å². The highest BCUT2D eigenvalue weighted by molar-refractivity contribution is 6.18. The van der Waals surface area contributed by atoms with E-state index in [4.69, 9.17) is 11.6 Å². The zero-order valence-electron chi connectivity index (χ0n) is 8.47. The van der Waals surface area contributed by atoms with Crippen LogP contribution in [0.4, 0.5) is 0 Å². The molecule has 0 atom stereocenters. The predicted molar refractivity (Wildman–Crippen MR) is 59.4 cm³/mol. The first kappa shape index (κ1) is 11.6. The van der Waals surface area contributed by atoms with E-state index >= 15 is 0 Å². The lowest BCUT2D eigenvalue weighted by Crippen LogP contribution is -2.31. The van der Waals surface area contributed by atoms with E-state index in [0.29, 0.717) is 12.4 Å². The minimum Gasteiger partial charge on any atom is -0.352 e. The second kappa shape index (κ2) is 6.88. The van der Waals surface area contributed by atoms with Gasteiger partial charge in [-0.15, -0.1) is 11.6 Å². The minimum absolute atomic E-state index is 0.212. The van der Waals surface area contributed by atoms with Gasteiger partial charge in [-0.25, -0.2) is 0 Å². The minimum atomic E-state index is 0.212. The topological polar surface area (TPSA) is 29.1 Å². The number of halogens is 1. The number of alkyl halides is 1. The molecule has 1 fully saturated rings. The number of carbonyl (C=O) groups is 1. The first-order valence-corrected chi connectivity index (χ1v) is 5.86. The summed E-state index contributed by atoms with van der Waals surface area (Å²) >= 11 is 5.47. The standard InChI is InChI=1S/C11H18ClNO/c12-8-4-5-9-13-11(14)10-6-2-1-3-7-10/h4-5,10H,1-3,6-9H2,(H,13,14)/b5-4+. The Kier molecular flexibility index (Phi) is 5.69. The van der Waals surface area contributed by atoms with Gasteiger partial charge in [0.15, 0.2) is 0 Å². The second-order valence-corrected chi connectivity index (χ2v) is 4.01. The molecule has 0 radical (unpaired) electrons. The smallest absolute Gasteiger partial charge is 0.223 e. The lowest BCUT2D eigenvalue weighted by atomic mass is 9.89. The van der Waals surface area contributed by atoms with Gasteiger partial charge in [0.25, 0.3) is 0 Å². The monoisotopic (exact) mass is 215 g/mol. The first-order valence-electron chi connectivity index (χ1n) is 5.33. The summed E-state index contributed by atoms with van der Waals surface area (Å²) in [4.78, 5) is 11.6. The molecule has 0 aliphatic heterocycles. The molecule has 1 aliphatic carbocycles. The molecule has 1 saturated carbocycles. The summed E-state index contributed by atoms with van der Waals surface area (Å²) in [7, 11) is 0. The Morgan fingerprint density at radius 2 is 2.00 bits per heavy atom. The van der Waals surface area contributed by atoms with E-state index in [9.17, 15) is 4.79 Å². The number of allylic oxidation sites excluding steroid dienone is 1. The van der Waals surface area contributed by atoms with Crippen molar-refractivity contribution in [2.45, 2.75) is 32.1 Å². The van der Waals surface area contributed by atoms with E-state index < -0.39 is 0 Å². The van der Waals surface area contributed by atoms with E-state index in [1.54, 1.807) is 0 Å². The van der Waals surface area contributed by atoms with Gasteiger partial charge in [0.05, 0.1) is 0 Å². The van der Waals surface area contributed by atoms with Gasteiger partial charge in [-0.3, -0.25) is 4.79 Å². The van der Waals surface area contributed by atoms with Crippen LogP contribution in [-0.4, -0.2) is 18.3 Å². The molecular weight excluding hydrogens is 198 g/mol. The molecular formula is C11H18ClNO. The Morgan fingerprint density at radius 3 is 2.64 bits per heavy atom. The maximum Gasteiger partial charge on any atom is 0.223 e. The molecule has 0 aromatic heterocycles. The van der Waals surface area contributed by atoms with Crippen LogP contribution in [0.2, 0.25) is 0 Å². The molecule has 0 saturated heterocycles. The first-order chi connectivity index (χ1) is 6.84. The maximum atomic E-state index is 11.6. The predicted octanol–water partition coefficient (Wildman–Crippen LogP) is 2.48. The van der Waals surface area contributed by atoms with Crippen LogP contribution in [0, 0.1) is 5.92 Å². The summed E-state index contributed by atoms with van der Waals surface area (Å²) in [5.41, 5.74) is 0. The Bertz CT molecular complexity index is 197.